The highest BCUT2D eigenvalue weighted by Gasteiger charge is 2.15. The molecule has 0 aliphatic heterocycles. The zero-order chi connectivity index (χ0) is 30.5. The number of aliphatic carboxylic acids is 2. The van der Waals surface area contributed by atoms with E-state index in [0.717, 1.165) is 16.7 Å². The van der Waals surface area contributed by atoms with Gasteiger partial charge in [0.1, 0.15) is 18.4 Å². The smallest absolute Gasteiger partial charge is 0.320 e. The van der Waals surface area contributed by atoms with E-state index in [1.807, 2.05) is 44.2 Å². The first-order valence-electron chi connectivity index (χ1n) is 12.7. The summed E-state index contributed by atoms with van der Waals surface area (Å²) in [6.07, 6.45) is 0.277. The van der Waals surface area contributed by atoms with E-state index in [1.54, 1.807) is 30.3 Å². The summed E-state index contributed by atoms with van der Waals surface area (Å²) in [4.78, 5) is 44.3. The van der Waals surface area contributed by atoms with Gasteiger partial charge < -0.3 is 31.3 Å². The molecule has 0 spiro atoms. The molecule has 0 aliphatic rings. The van der Waals surface area contributed by atoms with Gasteiger partial charge in [-0.25, -0.2) is 0 Å². The van der Waals surface area contributed by atoms with E-state index in [0.29, 0.717) is 34.2 Å². The lowest BCUT2D eigenvalue weighted by Crippen LogP contribution is -2.34. The average molecular weight is 584 g/mol. The molecule has 0 heterocycles. The Hall–Kier alpha value is -4.41. The Morgan fingerprint density at radius 3 is 2.27 bits per heavy atom. The number of carboxylic acid groups (broad SMARTS) is 2. The topological polar surface area (TPSA) is 168 Å². The Balaban J connectivity index is 0.000000454. The van der Waals surface area contributed by atoms with Gasteiger partial charge in [-0.2, -0.15) is 0 Å². The molecule has 0 saturated carbocycles. The summed E-state index contributed by atoms with van der Waals surface area (Å²) < 4.78 is 5.83. The normalized spacial score (nSPS) is 11.0. The first kappa shape index (κ1) is 32.8. The SMILES string of the molecule is CN[C@H](CCC(N)=O)C(=O)O.Cc1cc(CC(=O)O)ccc1NC(=O)c1cc(OCc2cccc(Cl)c2)ccc1C. The summed E-state index contributed by atoms with van der Waals surface area (Å²) >= 11 is 6.00. The Labute approximate surface area is 243 Å². The number of hydrogen-bond donors (Lipinski definition) is 5. The van der Waals surface area contributed by atoms with Crippen molar-refractivity contribution in [3.8, 4) is 5.75 Å². The number of carbonyl (C=O) groups excluding carboxylic acids is 2. The highest BCUT2D eigenvalue weighted by atomic mass is 35.5. The van der Waals surface area contributed by atoms with Gasteiger partial charge in [-0.3, -0.25) is 19.2 Å². The molecule has 3 aromatic carbocycles. The molecule has 0 aromatic heterocycles. The van der Waals surface area contributed by atoms with Crippen molar-refractivity contribution < 1.29 is 34.1 Å². The molecule has 3 rings (SSSR count). The number of rotatable bonds is 12. The Bertz CT molecular complexity index is 1390. The number of aryl methyl sites for hydroxylation is 2. The van der Waals surface area contributed by atoms with Gasteiger partial charge in [0.05, 0.1) is 6.42 Å². The molecule has 0 saturated heterocycles. The number of anilines is 1. The molecule has 0 radical (unpaired) electrons. The number of hydrogen-bond acceptors (Lipinski definition) is 6. The van der Waals surface area contributed by atoms with Crippen molar-refractivity contribution in [2.24, 2.45) is 5.73 Å². The zero-order valence-electron chi connectivity index (χ0n) is 23.1. The molecular weight excluding hydrogens is 550 g/mol. The lowest BCUT2D eigenvalue weighted by molar-refractivity contribution is -0.139. The van der Waals surface area contributed by atoms with Crippen molar-refractivity contribution in [3.63, 3.8) is 0 Å². The largest absolute Gasteiger partial charge is 0.489 e. The number of carbonyl (C=O) groups is 4. The van der Waals surface area contributed by atoms with Crippen LogP contribution >= 0.6 is 11.6 Å². The molecule has 11 heteroatoms. The molecule has 3 aromatic rings. The average Bonchev–Trinajstić information content (AvgIpc) is 2.90. The summed E-state index contributed by atoms with van der Waals surface area (Å²) in [5.74, 6) is -2.01. The maximum absolute atomic E-state index is 12.8. The number of benzene rings is 3. The van der Waals surface area contributed by atoms with Crippen LogP contribution in [0.25, 0.3) is 0 Å². The summed E-state index contributed by atoms with van der Waals surface area (Å²) in [6, 6.07) is 17.3. The van der Waals surface area contributed by atoms with E-state index in [4.69, 9.17) is 32.3 Å². The van der Waals surface area contributed by atoms with Crippen LogP contribution in [0.4, 0.5) is 5.69 Å². The lowest BCUT2D eigenvalue weighted by atomic mass is 10.1. The number of halogens is 1. The summed E-state index contributed by atoms with van der Waals surface area (Å²) in [6.45, 7) is 4.03. The summed E-state index contributed by atoms with van der Waals surface area (Å²) in [5, 5.41) is 23.5. The van der Waals surface area contributed by atoms with Crippen LogP contribution in [-0.2, 0) is 27.4 Å². The van der Waals surface area contributed by atoms with Gasteiger partial charge in [0.15, 0.2) is 0 Å². The van der Waals surface area contributed by atoms with Gasteiger partial charge >= 0.3 is 11.9 Å². The van der Waals surface area contributed by atoms with E-state index in [2.05, 4.69) is 10.6 Å². The van der Waals surface area contributed by atoms with Gasteiger partial charge in [-0.05, 0) is 79.9 Å². The van der Waals surface area contributed by atoms with E-state index in [9.17, 15) is 19.2 Å². The quantitative estimate of drug-likeness (QED) is 0.210. The van der Waals surface area contributed by atoms with Crippen LogP contribution in [0.1, 0.15) is 45.5 Å². The Kier molecular flexibility index (Phi) is 12.8. The van der Waals surface area contributed by atoms with Crippen molar-refractivity contribution in [1.29, 1.82) is 0 Å². The van der Waals surface area contributed by atoms with Crippen LogP contribution in [0.3, 0.4) is 0 Å². The van der Waals surface area contributed by atoms with Gasteiger partial charge in [0, 0.05) is 22.7 Å². The lowest BCUT2D eigenvalue weighted by Gasteiger charge is -2.13. The third kappa shape index (κ3) is 11.3. The van der Waals surface area contributed by atoms with Gasteiger partial charge in [0.25, 0.3) is 5.91 Å². The molecule has 2 amide bonds. The Morgan fingerprint density at radius 2 is 1.68 bits per heavy atom. The number of ether oxygens (including phenoxy) is 1. The maximum atomic E-state index is 12.8. The number of carboxylic acids is 2. The predicted octanol–water partition coefficient (Wildman–Crippen LogP) is 4.34. The summed E-state index contributed by atoms with van der Waals surface area (Å²) in [7, 11) is 1.53. The molecule has 0 bridgehead atoms. The van der Waals surface area contributed by atoms with E-state index in [1.165, 1.54) is 7.05 Å². The second-order valence-electron chi connectivity index (χ2n) is 9.25. The monoisotopic (exact) mass is 583 g/mol. The maximum Gasteiger partial charge on any atom is 0.320 e. The van der Waals surface area contributed by atoms with E-state index in [-0.39, 0.29) is 25.2 Å². The molecule has 10 nitrogen and oxygen atoms in total. The number of nitrogens with one attached hydrogen (secondary N) is 2. The first-order chi connectivity index (χ1) is 19.4. The fourth-order valence-corrected chi connectivity index (χ4v) is 3.96. The fourth-order valence-electron chi connectivity index (χ4n) is 3.75. The molecule has 6 N–H and O–H groups in total. The van der Waals surface area contributed by atoms with Crippen LogP contribution in [0.2, 0.25) is 5.02 Å². The van der Waals surface area contributed by atoms with Crippen LogP contribution in [0.5, 0.6) is 5.75 Å². The predicted molar refractivity (Wildman–Crippen MR) is 156 cm³/mol. The molecule has 1 atom stereocenters. The van der Waals surface area contributed by atoms with Crippen LogP contribution in [0, 0.1) is 13.8 Å². The van der Waals surface area contributed by atoms with Crippen molar-refractivity contribution in [1.82, 2.24) is 5.32 Å². The minimum Gasteiger partial charge on any atom is -0.489 e. The van der Waals surface area contributed by atoms with Gasteiger partial charge in [-0.15, -0.1) is 0 Å². The number of likely N-dealkylation sites (N-methyl/N-ethyl adjacent to an activating group) is 1. The highest BCUT2D eigenvalue weighted by Crippen LogP contribution is 2.23. The first-order valence-corrected chi connectivity index (χ1v) is 13.1. The summed E-state index contributed by atoms with van der Waals surface area (Å²) in [5.41, 5.74) is 9.22. The zero-order valence-corrected chi connectivity index (χ0v) is 23.8. The van der Waals surface area contributed by atoms with Crippen LogP contribution < -0.4 is 21.1 Å². The number of nitrogens with two attached hydrogens (primary N) is 1. The van der Waals surface area contributed by atoms with Crippen molar-refractivity contribution in [2.75, 3.05) is 12.4 Å². The number of primary amides is 1. The second kappa shape index (κ2) is 16.0. The van der Waals surface area contributed by atoms with Crippen molar-refractivity contribution >= 4 is 41.0 Å². The van der Waals surface area contributed by atoms with Crippen molar-refractivity contribution in [2.45, 2.75) is 45.8 Å². The number of amides is 2. The fraction of sp³-hybridized carbons (Fsp3) is 0.267. The third-order valence-corrected chi connectivity index (χ3v) is 6.20. The van der Waals surface area contributed by atoms with Crippen molar-refractivity contribution in [3.05, 3.63) is 93.5 Å². The molecule has 218 valence electrons. The minimum absolute atomic E-state index is 0.0554. The minimum atomic E-state index is -0.964. The molecular formula is C30H34ClN3O7. The van der Waals surface area contributed by atoms with Gasteiger partial charge in [0.2, 0.25) is 5.91 Å². The molecule has 0 fully saturated rings. The van der Waals surface area contributed by atoms with E-state index >= 15 is 0 Å². The van der Waals surface area contributed by atoms with Crippen LogP contribution in [-0.4, -0.2) is 47.1 Å². The molecule has 41 heavy (non-hydrogen) atoms. The molecule has 0 unspecified atom stereocenters. The van der Waals surface area contributed by atoms with E-state index < -0.39 is 23.9 Å². The van der Waals surface area contributed by atoms with Gasteiger partial charge in [-0.1, -0.05) is 41.9 Å². The Morgan fingerprint density at radius 1 is 0.951 bits per heavy atom. The second-order valence-corrected chi connectivity index (χ2v) is 9.69. The standard InChI is InChI=1S/C24H22ClNO4.C6H12N2O3/c1-15-6-8-20(30-14-18-4-3-5-19(25)11-18)13-21(15)24(29)26-22-9-7-17(10-16(22)2)12-23(27)28;1-8-4(6(10)11)2-3-5(7)9/h3-11,13H,12,14H2,1-2H3,(H,26,29)(H,27,28);4,8H,2-3H2,1H3,(H2,7,9)(H,10,11)/t;4-/m.1/s1. The van der Waals surface area contributed by atoms with Crippen LogP contribution in [0.15, 0.2) is 60.7 Å². The third-order valence-electron chi connectivity index (χ3n) is 5.97. The molecule has 0 aliphatic carbocycles. The highest BCUT2D eigenvalue weighted by molar-refractivity contribution is 6.30.